The van der Waals surface area contributed by atoms with Crippen LogP contribution in [-0.4, -0.2) is 19.8 Å². The summed E-state index contributed by atoms with van der Waals surface area (Å²) in [6.45, 7) is 5.66. The van der Waals surface area contributed by atoms with Gasteiger partial charge >= 0.3 is 0 Å². The molecule has 2 nitrogen and oxygen atoms in total. The molecule has 1 unspecified atom stereocenters. The van der Waals surface area contributed by atoms with Crippen LogP contribution in [0.3, 0.4) is 0 Å². The highest BCUT2D eigenvalue weighted by Gasteiger charge is 2.15. The summed E-state index contributed by atoms with van der Waals surface area (Å²) in [6.07, 6.45) is 0.950. The average Bonchev–Trinajstić information content (AvgIpc) is 2.30. The average molecular weight is 243 g/mol. The molecule has 0 heterocycles. The van der Waals surface area contributed by atoms with Gasteiger partial charge in [0.15, 0.2) is 0 Å². The Labute approximate surface area is 101 Å². The summed E-state index contributed by atoms with van der Waals surface area (Å²) in [7, 11) is 0. The Morgan fingerprint density at radius 2 is 2.06 bits per heavy atom. The topological polar surface area (TPSA) is 21.3 Å². The number of hydrogen-bond acceptors (Lipinski definition) is 2. The Hall–Kier alpha value is -1.00. The molecule has 96 valence electrons. The fraction of sp³-hybridized carbons (Fsp3) is 0.538. The normalized spacial score (nSPS) is 12.7. The summed E-state index contributed by atoms with van der Waals surface area (Å²) in [5.74, 6) is -1.09. The second kappa shape index (κ2) is 7.35. The fourth-order valence-corrected chi connectivity index (χ4v) is 1.60. The van der Waals surface area contributed by atoms with Gasteiger partial charge in [-0.3, -0.25) is 0 Å². The Morgan fingerprint density at radius 1 is 1.29 bits per heavy atom. The van der Waals surface area contributed by atoms with E-state index in [9.17, 15) is 8.78 Å². The SMILES string of the molecule is CCCNC(COCC)c1ccc(F)cc1F. The first-order valence-electron chi connectivity index (χ1n) is 5.95. The minimum Gasteiger partial charge on any atom is -0.380 e. The van der Waals surface area contributed by atoms with Crippen LogP contribution in [0.2, 0.25) is 0 Å². The number of benzene rings is 1. The van der Waals surface area contributed by atoms with Gasteiger partial charge in [0.05, 0.1) is 12.6 Å². The van der Waals surface area contributed by atoms with E-state index in [1.54, 1.807) is 0 Å². The highest BCUT2D eigenvalue weighted by atomic mass is 19.1. The van der Waals surface area contributed by atoms with E-state index in [4.69, 9.17) is 4.74 Å². The predicted molar refractivity (Wildman–Crippen MR) is 63.9 cm³/mol. The molecule has 0 amide bonds. The Balaban J connectivity index is 2.79. The Morgan fingerprint density at radius 3 is 2.65 bits per heavy atom. The van der Waals surface area contributed by atoms with E-state index in [1.807, 2.05) is 13.8 Å². The summed E-state index contributed by atoms with van der Waals surface area (Å²) in [6, 6.07) is 3.42. The summed E-state index contributed by atoms with van der Waals surface area (Å²) in [4.78, 5) is 0. The van der Waals surface area contributed by atoms with E-state index in [-0.39, 0.29) is 6.04 Å². The highest BCUT2D eigenvalue weighted by molar-refractivity contribution is 5.22. The molecule has 1 N–H and O–H groups in total. The number of rotatable bonds is 7. The second-order valence-electron chi connectivity index (χ2n) is 3.83. The molecular weight excluding hydrogens is 224 g/mol. The zero-order valence-electron chi connectivity index (χ0n) is 10.3. The van der Waals surface area contributed by atoms with Crippen LogP contribution in [0.15, 0.2) is 18.2 Å². The van der Waals surface area contributed by atoms with E-state index in [1.165, 1.54) is 12.1 Å². The van der Waals surface area contributed by atoms with Crippen LogP contribution in [0.25, 0.3) is 0 Å². The van der Waals surface area contributed by atoms with Crippen LogP contribution < -0.4 is 5.32 Å². The van der Waals surface area contributed by atoms with Crippen molar-refractivity contribution in [3.63, 3.8) is 0 Å². The molecule has 0 aromatic heterocycles. The van der Waals surface area contributed by atoms with E-state index in [2.05, 4.69) is 5.32 Å². The molecule has 0 aliphatic carbocycles. The van der Waals surface area contributed by atoms with Crippen molar-refractivity contribution in [2.24, 2.45) is 0 Å². The quantitative estimate of drug-likeness (QED) is 0.794. The van der Waals surface area contributed by atoms with E-state index < -0.39 is 11.6 Å². The molecule has 0 aliphatic rings. The van der Waals surface area contributed by atoms with Crippen LogP contribution in [0.5, 0.6) is 0 Å². The monoisotopic (exact) mass is 243 g/mol. The maximum atomic E-state index is 13.6. The highest BCUT2D eigenvalue weighted by Crippen LogP contribution is 2.18. The molecule has 1 rings (SSSR count). The number of hydrogen-bond donors (Lipinski definition) is 1. The third kappa shape index (κ3) is 4.40. The first-order chi connectivity index (χ1) is 8.19. The van der Waals surface area contributed by atoms with E-state index >= 15 is 0 Å². The molecule has 1 atom stereocenters. The molecule has 1 aromatic rings. The first-order valence-corrected chi connectivity index (χ1v) is 5.95. The van der Waals surface area contributed by atoms with Crippen molar-refractivity contribution in [3.05, 3.63) is 35.4 Å². The van der Waals surface area contributed by atoms with Crippen molar-refractivity contribution in [2.45, 2.75) is 26.3 Å². The molecule has 0 radical (unpaired) electrons. The molecule has 0 spiro atoms. The van der Waals surface area contributed by atoms with Crippen LogP contribution >= 0.6 is 0 Å². The van der Waals surface area contributed by atoms with Gasteiger partial charge in [0, 0.05) is 18.2 Å². The lowest BCUT2D eigenvalue weighted by Gasteiger charge is -2.19. The third-order valence-electron chi connectivity index (χ3n) is 2.47. The van der Waals surface area contributed by atoms with Gasteiger partial charge in [-0.1, -0.05) is 13.0 Å². The molecule has 0 fully saturated rings. The van der Waals surface area contributed by atoms with Crippen molar-refractivity contribution in [1.29, 1.82) is 0 Å². The standard InChI is InChI=1S/C13H19F2NO/c1-3-7-16-13(9-17-4-2)11-6-5-10(14)8-12(11)15/h5-6,8,13,16H,3-4,7,9H2,1-2H3. The van der Waals surface area contributed by atoms with Gasteiger partial charge < -0.3 is 10.1 Å². The van der Waals surface area contributed by atoms with Gasteiger partial charge in [-0.2, -0.15) is 0 Å². The van der Waals surface area contributed by atoms with Crippen molar-refractivity contribution >= 4 is 0 Å². The predicted octanol–water partition coefficient (Wildman–Crippen LogP) is 3.04. The maximum absolute atomic E-state index is 13.6. The maximum Gasteiger partial charge on any atom is 0.130 e. The number of halogens is 2. The molecule has 0 bridgehead atoms. The van der Waals surface area contributed by atoms with Crippen LogP contribution in [0.4, 0.5) is 8.78 Å². The minimum absolute atomic E-state index is 0.226. The molecule has 0 aliphatic heterocycles. The summed E-state index contributed by atoms with van der Waals surface area (Å²) < 4.78 is 31.8. The van der Waals surface area contributed by atoms with Crippen molar-refractivity contribution in [3.8, 4) is 0 Å². The lowest BCUT2D eigenvalue weighted by Crippen LogP contribution is -2.27. The zero-order valence-corrected chi connectivity index (χ0v) is 10.3. The smallest absolute Gasteiger partial charge is 0.130 e. The second-order valence-corrected chi connectivity index (χ2v) is 3.83. The van der Waals surface area contributed by atoms with Crippen molar-refractivity contribution in [1.82, 2.24) is 5.32 Å². The van der Waals surface area contributed by atoms with Crippen LogP contribution in [0.1, 0.15) is 31.9 Å². The van der Waals surface area contributed by atoms with Crippen LogP contribution in [0, 0.1) is 11.6 Å². The third-order valence-corrected chi connectivity index (χ3v) is 2.47. The lowest BCUT2D eigenvalue weighted by molar-refractivity contribution is 0.122. The summed E-state index contributed by atoms with van der Waals surface area (Å²) >= 11 is 0. The van der Waals surface area contributed by atoms with Gasteiger partial charge in [0.2, 0.25) is 0 Å². The van der Waals surface area contributed by atoms with Gasteiger partial charge in [-0.15, -0.1) is 0 Å². The number of nitrogens with one attached hydrogen (secondary N) is 1. The fourth-order valence-electron chi connectivity index (χ4n) is 1.60. The Kier molecular flexibility index (Phi) is 6.08. The van der Waals surface area contributed by atoms with Crippen molar-refractivity contribution in [2.75, 3.05) is 19.8 Å². The van der Waals surface area contributed by atoms with E-state index in [0.29, 0.717) is 18.8 Å². The zero-order chi connectivity index (χ0) is 12.7. The summed E-state index contributed by atoms with van der Waals surface area (Å²) in [5.41, 5.74) is 0.452. The molecule has 1 aromatic carbocycles. The summed E-state index contributed by atoms with van der Waals surface area (Å²) in [5, 5.41) is 3.19. The number of ether oxygens (including phenoxy) is 1. The van der Waals surface area contributed by atoms with Crippen molar-refractivity contribution < 1.29 is 13.5 Å². The van der Waals surface area contributed by atoms with Crippen LogP contribution in [-0.2, 0) is 4.74 Å². The van der Waals surface area contributed by atoms with E-state index in [0.717, 1.165) is 19.0 Å². The van der Waals surface area contributed by atoms with Gasteiger partial charge in [0.25, 0.3) is 0 Å². The van der Waals surface area contributed by atoms with Gasteiger partial charge in [0.1, 0.15) is 11.6 Å². The lowest BCUT2D eigenvalue weighted by atomic mass is 10.1. The first kappa shape index (κ1) is 14.1. The largest absolute Gasteiger partial charge is 0.380 e. The Bertz CT molecular complexity index is 336. The van der Waals surface area contributed by atoms with Gasteiger partial charge in [-0.25, -0.2) is 8.78 Å². The molecule has 4 heteroatoms. The molecular formula is C13H19F2NO. The molecule has 17 heavy (non-hydrogen) atoms. The minimum atomic E-state index is -0.558. The molecule has 0 saturated heterocycles. The van der Waals surface area contributed by atoms with Gasteiger partial charge in [-0.05, 0) is 26.0 Å². The molecule has 0 saturated carbocycles.